The highest BCUT2D eigenvalue weighted by Crippen LogP contribution is 2.34. The van der Waals surface area contributed by atoms with Gasteiger partial charge in [-0.25, -0.2) is 4.79 Å². The topological polar surface area (TPSA) is 79.2 Å². The van der Waals surface area contributed by atoms with Gasteiger partial charge < -0.3 is 4.90 Å². The number of amides is 1. The van der Waals surface area contributed by atoms with E-state index in [2.05, 4.69) is 14.7 Å². The minimum atomic E-state index is -4.23. The van der Waals surface area contributed by atoms with Crippen molar-refractivity contribution >= 4 is 5.91 Å². The van der Waals surface area contributed by atoms with Gasteiger partial charge in [-0.2, -0.15) is 13.2 Å². The first kappa shape index (κ1) is 18.2. The predicted octanol–water partition coefficient (Wildman–Crippen LogP) is 3.14. The van der Waals surface area contributed by atoms with Crippen molar-refractivity contribution in [1.82, 2.24) is 15.0 Å². The molecule has 1 fully saturated rings. The SMILES string of the molecule is Cc1ccc(-c2noc(=O)[nH]2)cc1C(=O)N1CCCC(C(F)(F)F)CC1. The molecule has 9 heteroatoms. The summed E-state index contributed by atoms with van der Waals surface area (Å²) in [4.78, 5) is 27.8. The van der Waals surface area contributed by atoms with Crippen LogP contribution in [-0.4, -0.2) is 40.2 Å². The Balaban J connectivity index is 1.82. The molecule has 1 atom stereocenters. The number of rotatable bonds is 2. The van der Waals surface area contributed by atoms with E-state index in [1.54, 1.807) is 25.1 Å². The molecule has 2 aromatic rings. The predicted molar refractivity (Wildman–Crippen MR) is 86.6 cm³/mol. The van der Waals surface area contributed by atoms with Crippen LogP contribution in [0, 0.1) is 12.8 Å². The van der Waals surface area contributed by atoms with Gasteiger partial charge in [-0.1, -0.05) is 17.3 Å². The third kappa shape index (κ3) is 3.81. The lowest BCUT2D eigenvalue weighted by molar-refractivity contribution is -0.177. The summed E-state index contributed by atoms with van der Waals surface area (Å²) in [5, 5.41) is 3.59. The lowest BCUT2D eigenvalue weighted by Gasteiger charge is -2.22. The van der Waals surface area contributed by atoms with Crippen LogP contribution in [0.2, 0.25) is 0 Å². The number of aromatic amines is 1. The summed E-state index contributed by atoms with van der Waals surface area (Å²) < 4.78 is 43.3. The summed E-state index contributed by atoms with van der Waals surface area (Å²) in [7, 11) is 0. The highest BCUT2D eigenvalue weighted by atomic mass is 19.4. The number of aryl methyl sites for hydroxylation is 1. The van der Waals surface area contributed by atoms with Crippen molar-refractivity contribution in [3.63, 3.8) is 0 Å². The van der Waals surface area contributed by atoms with Crippen LogP contribution in [-0.2, 0) is 0 Å². The van der Waals surface area contributed by atoms with Crippen molar-refractivity contribution in [1.29, 1.82) is 0 Å². The molecule has 1 saturated heterocycles. The van der Waals surface area contributed by atoms with Gasteiger partial charge in [0.25, 0.3) is 5.91 Å². The van der Waals surface area contributed by atoms with Gasteiger partial charge in [0.2, 0.25) is 0 Å². The Morgan fingerprint density at radius 3 is 2.73 bits per heavy atom. The lowest BCUT2D eigenvalue weighted by atomic mass is 10.0. The van der Waals surface area contributed by atoms with Gasteiger partial charge in [-0.15, -0.1) is 0 Å². The Kier molecular flexibility index (Phi) is 4.88. The third-order valence-electron chi connectivity index (χ3n) is 4.66. The second-order valence-electron chi connectivity index (χ2n) is 6.43. The number of hydrogen-bond donors (Lipinski definition) is 1. The van der Waals surface area contributed by atoms with Crippen LogP contribution < -0.4 is 5.76 Å². The lowest BCUT2D eigenvalue weighted by Crippen LogP contribution is -2.33. The van der Waals surface area contributed by atoms with E-state index in [9.17, 15) is 22.8 Å². The molecule has 1 amide bonds. The van der Waals surface area contributed by atoms with Gasteiger partial charge in [-0.3, -0.25) is 14.3 Å². The van der Waals surface area contributed by atoms with Crippen LogP contribution >= 0.6 is 0 Å². The smallest absolute Gasteiger partial charge is 0.339 e. The molecule has 1 aliphatic rings. The summed E-state index contributed by atoms with van der Waals surface area (Å²) in [5.41, 5.74) is 1.56. The zero-order valence-electron chi connectivity index (χ0n) is 14.1. The van der Waals surface area contributed by atoms with Gasteiger partial charge in [0.1, 0.15) is 0 Å². The van der Waals surface area contributed by atoms with E-state index in [0.29, 0.717) is 23.1 Å². The Morgan fingerprint density at radius 1 is 1.31 bits per heavy atom. The van der Waals surface area contributed by atoms with E-state index in [1.165, 1.54) is 4.90 Å². The van der Waals surface area contributed by atoms with Gasteiger partial charge in [0.05, 0.1) is 5.92 Å². The molecular formula is C17H18F3N3O3. The second-order valence-corrected chi connectivity index (χ2v) is 6.43. The van der Waals surface area contributed by atoms with Crippen LogP contribution in [0.25, 0.3) is 11.4 Å². The monoisotopic (exact) mass is 369 g/mol. The standard InChI is InChI=1S/C17H18F3N3O3/c1-10-4-5-11(14-21-16(25)26-22-14)9-13(10)15(24)23-7-2-3-12(6-8-23)17(18,19)20/h4-5,9,12H,2-3,6-8H2,1H3,(H,21,22,25). The highest BCUT2D eigenvalue weighted by Gasteiger charge is 2.40. The molecule has 2 heterocycles. The van der Waals surface area contributed by atoms with Crippen molar-refractivity contribution in [3.05, 3.63) is 39.9 Å². The number of likely N-dealkylation sites (tertiary alicyclic amines) is 1. The van der Waals surface area contributed by atoms with Gasteiger partial charge >= 0.3 is 11.9 Å². The van der Waals surface area contributed by atoms with E-state index < -0.39 is 17.9 Å². The maximum absolute atomic E-state index is 12.9. The van der Waals surface area contributed by atoms with Crippen LogP contribution in [0.4, 0.5) is 13.2 Å². The number of carbonyl (C=O) groups is 1. The fourth-order valence-corrected chi connectivity index (χ4v) is 3.15. The number of hydrogen-bond acceptors (Lipinski definition) is 4. The number of alkyl halides is 3. The molecule has 1 aromatic heterocycles. The van der Waals surface area contributed by atoms with Crippen LogP contribution in [0.15, 0.2) is 27.5 Å². The number of halogens is 3. The van der Waals surface area contributed by atoms with Crippen LogP contribution in [0.5, 0.6) is 0 Å². The molecule has 1 N–H and O–H groups in total. The van der Waals surface area contributed by atoms with E-state index >= 15 is 0 Å². The highest BCUT2D eigenvalue weighted by molar-refractivity contribution is 5.96. The summed E-state index contributed by atoms with van der Waals surface area (Å²) in [6, 6.07) is 4.95. The van der Waals surface area contributed by atoms with Crippen LogP contribution in [0.3, 0.4) is 0 Å². The average Bonchev–Trinajstić information content (AvgIpc) is 2.86. The number of aromatic nitrogens is 2. The number of H-pyrrole nitrogens is 1. The molecular weight excluding hydrogens is 351 g/mol. The molecule has 1 aromatic carbocycles. The summed E-state index contributed by atoms with van der Waals surface area (Å²) in [5.74, 6) is -2.21. The third-order valence-corrected chi connectivity index (χ3v) is 4.66. The quantitative estimate of drug-likeness (QED) is 0.882. The van der Waals surface area contributed by atoms with Gasteiger partial charge in [-0.05, 0) is 37.8 Å². The molecule has 0 aliphatic carbocycles. The van der Waals surface area contributed by atoms with Crippen molar-refractivity contribution in [2.45, 2.75) is 32.4 Å². The molecule has 1 aliphatic heterocycles. The Hall–Kier alpha value is -2.58. The minimum Gasteiger partial charge on any atom is -0.339 e. The molecule has 0 spiro atoms. The molecule has 0 bridgehead atoms. The van der Waals surface area contributed by atoms with E-state index in [1.807, 2.05) is 0 Å². The maximum atomic E-state index is 12.9. The zero-order valence-corrected chi connectivity index (χ0v) is 14.1. The first-order valence-corrected chi connectivity index (χ1v) is 8.28. The first-order valence-electron chi connectivity index (χ1n) is 8.28. The molecule has 0 saturated carbocycles. The van der Waals surface area contributed by atoms with Gasteiger partial charge in [0, 0.05) is 24.2 Å². The zero-order chi connectivity index (χ0) is 18.9. The fraction of sp³-hybridized carbons (Fsp3) is 0.471. The minimum absolute atomic E-state index is 0.0342. The number of benzene rings is 1. The van der Waals surface area contributed by atoms with Crippen molar-refractivity contribution < 1.29 is 22.5 Å². The van der Waals surface area contributed by atoms with E-state index in [0.717, 1.165) is 0 Å². The summed E-state index contributed by atoms with van der Waals surface area (Å²) in [6.45, 7) is 2.10. The van der Waals surface area contributed by atoms with Crippen molar-refractivity contribution in [3.8, 4) is 11.4 Å². The summed E-state index contributed by atoms with van der Waals surface area (Å²) >= 11 is 0. The first-order chi connectivity index (χ1) is 12.3. The van der Waals surface area contributed by atoms with Gasteiger partial charge in [0.15, 0.2) is 5.82 Å². The molecule has 6 nitrogen and oxygen atoms in total. The maximum Gasteiger partial charge on any atom is 0.439 e. The Morgan fingerprint density at radius 2 is 2.08 bits per heavy atom. The van der Waals surface area contributed by atoms with Crippen LogP contribution in [0.1, 0.15) is 35.2 Å². The number of nitrogens with zero attached hydrogens (tertiary/aromatic N) is 2. The molecule has 3 rings (SSSR count). The Labute approximate surface area is 147 Å². The largest absolute Gasteiger partial charge is 0.439 e. The van der Waals surface area contributed by atoms with E-state index in [-0.39, 0.29) is 37.7 Å². The van der Waals surface area contributed by atoms with E-state index in [4.69, 9.17) is 0 Å². The molecule has 26 heavy (non-hydrogen) atoms. The van der Waals surface area contributed by atoms with Crippen molar-refractivity contribution in [2.24, 2.45) is 5.92 Å². The molecule has 1 unspecified atom stereocenters. The number of nitrogens with one attached hydrogen (secondary N) is 1. The average molecular weight is 369 g/mol. The second kappa shape index (κ2) is 6.97. The fourth-order valence-electron chi connectivity index (χ4n) is 3.15. The Bertz CT molecular complexity index is 857. The number of carbonyl (C=O) groups excluding carboxylic acids is 1. The summed E-state index contributed by atoms with van der Waals surface area (Å²) in [6.07, 6.45) is -3.98. The molecule has 140 valence electrons. The molecule has 0 radical (unpaired) electrons. The van der Waals surface area contributed by atoms with Crippen molar-refractivity contribution in [2.75, 3.05) is 13.1 Å². The normalized spacial score (nSPS) is 18.6.